The molecule has 0 aromatic carbocycles. The predicted molar refractivity (Wildman–Crippen MR) is 69.1 cm³/mol. The van der Waals surface area contributed by atoms with Gasteiger partial charge in [-0.2, -0.15) is 0 Å². The molecule has 1 aliphatic heterocycles. The first-order chi connectivity index (χ1) is 8.56. The number of nitrogens with zero attached hydrogens (tertiary/aromatic N) is 2. The van der Waals surface area contributed by atoms with Crippen molar-refractivity contribution in [1.29, 1.82) is 0 Å². The number of hydrogen-bond acceptors (Lipinski definition) is 4. The van der Waals surface area contributed by atoms with Crippen molar-refractivity contribution < 1.29 is 9.59 Å². The Morgan fingerprint density at radius 3 is 3.00 bits per heavy atom. The fourth-order valence-corrected chi connectivity index (χ4v) is 2.66. The summed E-state index contributed by atoms with van der Waals surface area (Å²) in [6.45, 7) is 2.94. The van der Waals surface area contributed by atoms with E-state index in [1.165, 1.54) is 0 Å². The summed E-state index contributed by atoms with van der Waals surface area (Å²) in [5, 5.41) is 5.72. The van der Waals surface area contributed by atoms with Gasteiger partial charge in [0.25, 0.3) is 0 Å². The minimum absolute atomic E-state index is 0.0387. The third-order valence-electron chi connectivity index (χ3n) is 3.06. The zero-order chi connectivity index (χ0) is 13.1. The van der Waals surface area contributed by atoms with E-state index in [1.807, 2.05) is 12.3 Å². The molecule has 1 aromatic rings. The molecule has 18 heavy (non-hydrogen) atoms. The van der Waals surface area contributed by atoms with Crippen molar-refractivity contribution in [2.45, 2.75) is 26.3 Å². The monoisotopic (exact) mass is 267 g/mol. The highest BCUT2D eigenvalue weighted by molar-refractivity contribution is 7.09. The van der Waals surface area contributed by atoms with Gasteiger partial charge in [-0.1, -0.05) is 0 Å². The van der Waals surface area contributed by atoms with Crippen LogP contribution in [-0.4, -0.2) is 35.3 Å². The van der Waals surface area contributed by atoms with Gasteiger partial charge in [0.1, 0.15) is 0 Å². The van der Waals surface area contributed by atoms with E-state index in [4.69, 9.17) is 0 Å². The molecule has 1 fully saturated rings. The highest BCUT2D eigenvalue weighted by atomic mass is 32.1. The lowest BCUT2D eigenvalue weighted by molar-refractivity contribution is -0.136. The third kappa shape index (κ3) is 3.07. The quantitative estimate of drug-likeness (QED) is 0.886. The zero-order valence-electron chi connectivity index (χ0n) is 10.6. The van der Waals surface area contributed by atoms with E-state index >= 15 is 0 Å². The molecule has 0 saturated carbocycles. The minimum Gasteiger partial charge on any atom is -0.355 e. The maximum Gasteiger partial charge on any atom is 0.227 e. The maximum absolute atomic E-state index is 12.2. The molecule has 0 bridgehead atoms. The van der Waals surface area contributed by atoms with Gasteiger partial charge in [-0.15, -0.1) is 11.3 Å². The molecule has 1 aromatic heterocycles. The Hall–Kier alpha value is -1.43. The van der Waals surface area contributed by atoms with E-state index in [-0.39, 0.29) is 17.7 Å². The molecule has 0 radical (unpaired) electrons. The van der Waals surface area contributed by atoms with Crippen LogP contribution in [0.1, 0.15) is 23.5 Å². The third-order valence-corrected chi connectivity index (χ3v) is 3.88. The second-order valence-electron chi connectivity index (χ2n) is 4.59. The molecule has 5 nitrogen and oxygen atoms in total. The normalized spacial score (nSPS) is 19.4. The van der Waals surface area contributed by atoms with Crippen LogP contribution in [0.4, 0.5) is 0 Å². The highest BCUT2D eigenvalue weighted by Gasteiger charge is 2.26. The maximum atomic E-state index is 12.2. The van der Waals surface area contributed by atoms with E-state index in [0.717, 1.165) is 10.7 Å². The van der Waals surface area contributed by atoms with Gasteiger partial charge in [0.2, 0.25) is 11.8 Å². The number of amides is 2. The first-order valence-corrected chi connectivity index (χ1v) is 6.87. The van der Waals surface area contributed by atoms with E-state index in [9.17, 15) is 9.59 Å². The molecule has 1 saturated heterocycles. The van der Waals surface area contributed by atoms with Crippen LogP contribution in [0.5, 0.6) is 0 Å². The molecule has 0 spiro atoms. The topological polar surface area (TPSA) is 62.3 Å². The predicted octanol–water partition coefficient (Wildman–Crippen LogP) is 0.936. The van der Waals surface area contributed by atoms with Crippen molar-refractivity contribution in [1.82, 2.24) is 15.2 Å². The van der Waals surface area contributed by atoms with Crippen LogP contribution < -0.4 is 5.32 Å². The van der Waals surface area contributed by atoms with Gasteiger partial charge < -0.3 is 10.2 Å². The second-order valence-corrected chi connectivity index (χ2v) is 5.65. The summed E-state index contributed by atoms with van der Waals surface area (Å²) in [6.07, 6.45) is 1.09. The number of carbonyl (C=O) groups is 2. The summed E-state index contributed by atoms with van der Waals surface area (Å²) in [7, 11) is 1.79. The molecular weight excluding hydrogens is 250 g/mol. The van der Waals surface area contributed by atoms with Crippen LogP contribution in [0.2, 0.25) is 0 Å². The molecule has 2 heterocycles. The Kier molecular flexibility index (Phi) is 3.96. The zero-order valence-corrected chi connectivity index (χ0v) is 11.4. The molecule has 2 amide bonds. The van der Waals surface area contributed by atoms with Crippen molar-refractivity contribution in [3.8, 4) is 0 Å². The van der Waals surface area contributed by atoms with E-state index in [2.05, 4.69) is 10.3 Å². The standard InChI is InChI=1S/C12H17N3O2S/c1-8-14-10(7-18-8)6-15(2)12(17)9-3-4-11(16)13-5-9/h7,9H,3-6H2,1-2H3,(H,13,16). The first kappa shape index (κ1) is 13.0. The van der Waals surface area contributed by atoms with Gasteiger partial charge in [0.05, 0.1) is 23.2 Å². The smallest absolute Gasteiger partial charge is 0.227 e. The highest BCUT2D eigenvalue weighted by Crippen LogP contribution is 2.16. The van der Waals surface area contributed by atoms with Gasteiger partial charge in [-0.05, 0) is 13.3 Å². The molecule has 1 aliphatic rings. The van der Waals surface area contributed by atoms with E-state index < -0.39 is 0 Å². The van der Waals surface area contributed by atoms with E-state index in [0.29, 0.717) is 25.9 Å². The molecule has 0 aliphatic carbocycles. The fraction of sp³-hybridized carbons (Fsp3) is 0.583. The number of aryl methyl sites for hydroxylation is 1. The summed E-state index contributed by atoms with van der Waals surface area (Å²) in [5.74, 6) is 0.0323. The number of aromatic nitrogens is 1. The largest absolute Gasteiger partial charge is 0.355 e. The minimum atomic E-state index is -0.0903. The number of piperidine rings is 1. The molecule has 1 atom stereocenters. The molecule has 1 N–H and O–H groups in total. The number of rotatable bonds is 3. The van der Waals surface area contributed by atoms with Crippen molar-refractivity contribution in [3.05, 3.63) is 16.1 Å². The first-order valence-electron chi connectivity index (χ1n) is 5.99. The van der Waals surface area contributed by atoms with Crippen LogP contribution in [0.15, 0.2) is 5.38 Å². The van der Waals surface area contributed by atoms with E-state index in [1.54, 1.807) is 23.3 Å². The molecular formula is C12H17N3O2S. The lowest BCUT2D eigenvalue weighted by Gasteiger charge is -2.26. The molecule has 98 valence electrons. The summed E-state index contributed by atoms with van der Waals surface area (Å²) >= 11 is 1.59. The summed E-state index contributed by atoms with van der Waals surface area (Å²) < 4.78 is 0. The Morgan fingerprint density at radius 1 is 1.67 bits per heavy atom. The summed E-state index contributed by atoms with van der Waals surface area (Å²) in [4.78, 5) is 29.3. The number of hydrogen-bond donors (Lipinski definition) is 1. The average Bonchev–Trinajstić information content (AvgIpc) is 2.75. The average molecular weight is 267 g/mol. The summed E-state index contributed by atoms with van der Waals surface area (Å²) in [6, 6.07) is 0. The lowest BCUT2D eigenvalue weighted by atomic mass is 9.98. The van der Waals surface area contributed by atoms with Crippen molar-refractivity contribution in [3.63, 3.8) is 0 Å². The number of nitrogens with one attached hydrogen (secondary N) is 1. The van der Waals surface area contributed by atoms with Crippen molar-refractivity contribution in [2.24, 2.45) is 5.92 Å². The fourth-order valence-electron chi connectivity index (χ4n) is 2.06. The van der Waals surface area contributed by atoms with Crippen LogP contribution in [0.3, 0.4) is 0 Å². The van der Waals surface area contributed by atoms with Crippen LogP contribution >= 0.6 is 11.3 Å². The molecule has 1 unspecified atom stereocenters. The molecule has 2 rings (SSSR count). The summed E-state index contributed by atoms with van der Waals surface area (Å²) in [5.41, 5.74) is 0.924. The Morgan fingerprint density at radius 2 is 2.44 bits per heavy atom. The van der Waals surface area contributed by atoms with Gasteiger partial charge in [-0.3, -0.25) is 9.59 Å². The van der Waals surface area contributed by atoms with Crippen molar-refractivity contribution in [2.75, 3.05) is 13.6 Å². The van der Waals surface area contributed by atoms with Crippen LogP contribution in [0.25, 0.3) is 0 Å². The lowest BCUT2D eigenvalue weighted by Crippen LogP contribution is -2.43. The number of thiazole rings is 1. The van der Waals surface area contributed by atoms with Crippen LogP contribution in [-0.2, 0) is 16.1 Å². The Balaban J connectivity index is 1.90. The van der Waals surface area contributed by atoms with Crippen molar-refractivity contribution >= 4 is 23.2 Å². The Labute approximate surface area is 110 Å². The van der Waals surface area contributed by atoms with Crippen LogP contribution in [0, 0.1) is 12.8 Å². The molecule has 6 heteroatoms. The van der Waals surface area contributed by atoms with Gasteiger partial charge in [0, 0.05) is 25.4 Å². The SMILES string of the molecule is Cc1nc(CN(C)C(=O)C2CCC(=O)NC2)cs1. The Bertz CT molecular complexity index is 448. The second kappa shape index (κ2) is 5.48. The van der Waals surface area contributed by atoms with Gasteiger partial charge in [0.15, 0.2) is 0 Å². The van der Waals surface area contributed by atoms with Gasteiger partial charge in [-0.25, -0.2) is 4.98 Å². The van der Waals surface area contributed by atoms with Gasteiger partial charge >= 0.3 is 0 Å². The number of carbonyl (C=O) groups excluding carboxylic acids is 2.